The Morgan fingerprint density at radius 1 is 1.75 bits per heavy atom. The molecule has 0 unspecified atom stereocenters. The van der Waals surface area contributed by atoms with Crippen molar-refractivity contribution in [3.63, 3.8) is 0 Å². The molecule has 0 spiro atoms. The number of hydrogen-bond donors (Lipinski definition) is 3. The van der Waals surface area contributed by atoms with Crippen LogP contribution in [-0.4, -0.2) is 16.5 Å². The van der Waals surface area contributed by atoms with Crippen molar-refractivity contribution in [2.45, 2.75) is 0 Å². The third kappa shape index (κ3) is 6.80. The second kappa shape index (κ2) is 3.76. The van der Waals surface area contributed by atoms with Crippen LogP contribution >= 0.6 is 30.7 Å². The first-order valence-electron chi connectivity index (χ1n) is 1.60. The lowest BCUT2D eigenvalue weighted by Crippen LogP contribution is -2.02. The molecule has 0 saturated carbocycles. The molecule has 0 amide bonds. The lowest BCUT2D eigenvalue weighted by atomic mass is 11.4. The van der Waals surface area contributed by atoms with Gasteiger partial charge in [0.15, 0.2) is 0 Å². The van der Waals surface area contributed by atoms with E-state index in [0.717, 1.165) is 0 Å². The Hall–Kier alpha value is 0.800. The van der Waals surface area contributed by atoms with Crippen molar-refractivity contribution < 1.29 is 18.9 Å². The Kier molecular flexibility index (Phi) is 4.13. The number of rotatable bonds is 3. The fourth-order valence-electron chi connectivity index (χ4n) is 0.108. The Morgan fingerprint density at radius 2 is 2.25 bits per heavy atom. The highest BCUT2D eigenvalue weighted by atomic mass is 127. The average molecular weight is 253 g/mol. The van der Waals surface area contributed by atoms with Gasteiger partial charge in [-0.25, -0.2) is 8.10 Å². The van der Waals surface area contributed by atoms with Crippen LogP contribution in [0.2, 0.25) is 0 Å². The largest absolute Gasteiger partial charge is 0.470 e. The molecule has 0 saturated heterocycles. The topological polar surface area (TPSA) is 78.8 Å². The highest BCUT2D eigenvalue weighted by molar-refractivity contribution is 14.1. The second-order valence-corrected chi connectivity index (χ2v) is 2.90. The van der Waals surface area contributed by atoms with E-state index in [1.165, 1.54) is 0 Å². The molecule has 0 aliphatic rings. The van der Waals surface area contributed by atoms with E-state index < -0.39 is 7.82 Å². The fourth-order valence-corrected chi connectivity index (χ4v) is 0.743. The van der Waals surface area contributed by atoms with Crippen LogP contribution in [-0.2, 0) is 9.09 Å². The molecule has 0 aromatic heterocycles. The van der Waals surface area contributed by atoms with Crippen LogP contribution in [0.3, 0.4) is 0 Å². The van der Waals surface area contributed by atoms with Crippen LogP contribution in [0.25, 0.3) is 0 Å². The number of hydrogen-bond acceptors (Lipinski definition) is 3. The van der Waals surface area contributed by atoms with Gasteiger partial charge in [0.2, 0.25) is 0 Å². The van der Waals surface area contributed by atoms with E-state index in [4.69, 9.17) is 9.79 Å². The zero-order valence-electron chi connectivity index (χ0n) is 3.74. The summed E-state index contributed by atoms with van der Waals surface area (Å²) in [7, 11) is -4.25. The lowest BCUT2D eigenvalue weighted by Gasteiger charge is -2.00. The van der Waals surface area contributed by atoms with Gasteiger partial charge in [0.05, 0.1) is 0 Å². The predicted molar refractivity (Wildman–Crippen MR) is 35.2 cm³/mol. The van der Waals surface area contributed by atoms with Crippen LogP contribution in [0.15, 0.2) is 0 Å². The monoisotopic (exact) mass is 253 g/mol. The first-order valence-corrected chi connectivity index (χ1v) is 4.21. The molecule has 0 aliphatic carbocycles. The van der Waals surface area contributed by atoms with Gasteiger partial charge >= 0.3 is 7.82 Å². The molecule has 50 valence electrons. The standard InChI is InChI=1S/CH5INO4P/c2-3-1-7-8(4,5)6/h3H,1H2,(H2,4,5,6). The quantitative estimate of drug-likeness (QED) is 0.285. The van der Waals surface area contributed by atoms with Crippen LogP contribution in [0.1, 0.15) is 0 Å². The average Bonchev–Trinajstić information content (AvgIpc) is 1.59. The van der Waals surface area contributed by atoms with E-state index >= 15 is 0 Å². The maximum absolute atomic E-state index is 9.82. The van der Waals surface area contributed by atoms with Gasteiger partial charge < -0.3 is 9.79 Å². The lowest BCUT2D eigenvalue weighted by molar-refractivity contribution is 0.198. The summed E-state index contributed by atoms with van der Waals surface area (Å²) in [4.78, 5) is 16.0. The van der Waals surface area contributed by atoms with Crippen LogP contribution in [0, 0.1) is 0 Å². The fraction of sp³-hybridized carbons (Fsp3) is 1.00. The summed E-state index contributed by atoms with van der Waals surface area (Å²) < 4.78 is 16.1. The van der Waals surface area contributed by atoms with Gasteiger partial charge in [-0.15, -0.1) is 0 Å². The van der Waals surface area contributed by atoms with E-state index in [0.29, 0.717) is 0 Å². The highest BCUT2D eigenvalue weighted by Crippen LogP contribution is 2.34. The molecule has 0 atom stereocenters. The number of halogens is 1. The maximum Gasteiger partial charge on any atom is 0.470 e. The maximum atomic E-state index is 9.82. The van der Waals surface area contributed by atoms with E-state index in [9.17, 15) is 4.57 Å². The molecule has 0 heterocycles. The molecule has 7 heteroatoms. The van der Waals surface area contributed by atoms with Gasteiger partial charge in [0.1, 0.15) is 6.73 Å². The Balaban J connectivity index is 3.26. The van der Waals surface area contributed by atoms with Gasteiger partial charge in [-0.1, -0.05) is 0 Å². The van der Waals surface area contributed by atoms with Crippen molar-refractivity contribution >= 4 is 30.7 Å². The minimum Gasteiger partial charge on any atom is -0.303 e. The van der Waals surface area contributed by atoms with Crippen molar-refractivity contribution in [3.05, 3.63) is 0 Å². The van der Waals surface area contributed by atoms with Crippen molar-refractivity contribution in [1.29, 1.82) is 0 Å². The van der Waals surface area contributed by atoms with Gasteiger partial charge in [-0.2, -0.15) is 0 Å². The van der Waals surface area contributed by atoms with Crippen molar-refractivity contribution in [2.24, 2.45) is 0 Å². The van der Waals surface area contributed by atoms with E-state index in [-0.39, 0.29) is 6.73 Å². The van der Waals surface area contributed by atoms with Crippen LogP contribution in [0.4, 0.5) is 0 Å². The summed E-state index contributed by atoms with van der Waals surface area (Å²) >= 11 is 1.71. The number of nitrogens with one attached hydrogen (secondary N) is 1. The molecule has 0 radical (unpaired) electrons. The number of phosphoric ester groups is 1. The first-order chi connectivity index (χ1) is 3.56. The van der Waals surface area contributed by atoms with Gasteiger partial charge in [0, 0.05) is 22.9 Å². The summed E-state index contributed by atoms with van der Waals surface area (Å²) in [6.07, 6.45) is 0. The Morgan fingerprint density at radius 3 is 2.38 bits per heavy atom. The molecule has 0 aromatic carbocycles. The molecule has 8 heavy (non-hydrogen) atoms. The molecule has 0 aromatic rings. The SMILES string of the molecule is O=P(O)(O)OCNI. The molecule has 0 rings (SSSR count). The smallest absolute Gasteiger partial charge is 0.303 e. The molecule has 0 fully saturated rings. The normalized spacial score (nSPS) is 11.9. The minimum absolute atomic E-state index is 0.148. The predicted octanol–water partition coefficient (Wildman–Crippen LogP) is -0.00720. The number of phosphoric acid groups is 1. The van der Waals surface area contributed by atoms with E-state index in [1.54, 1.807) is 22.9 Å². The summed E-state index contributed by atoms with van der Waals surface area (Å²) in [5.41, 5.74) is 0. The third-order valence-corrected chi connectivity index (χ3v) is 1.06. The molecule has 3 N–H and O–H groups in total. The van der Waals surface area contributed by atoms with Gasteiger partial charge in [-0.3, -0.25) is 4.52 Å². The van der Waals surface area contributed by atoms with E-state index in [1.807, 2.05) is 0 Å². The summed E-state index contributed by atoms with van der Waals surface area (Å²) in [6, 6.07) is 0. The molecular weight excluding hydrogens is 248 g/mol. The second-order valence-electron chi connectivity index (χ2n) is 0.898. The third-order valence-electron chi connectivity index (χ3n) is 0.287. The zero-order valence-corrected chi connectivity index (χ0v) is 6.80. The Labute approximate surface area is 60.2 Å². The molecule has 0 bridgehead atoms. The summed E-state index contributed by atoms with van der Waals surface area (Å²) in [5, 5.41) is 0. The minimum atomic E-state index is -4.25. The molecule has 5 nitrogen and oxygen atoms in total. The molecule has 0 aliphatic heterocycles. The van der Waals surface area contributed by atoms with Gasteiger partial charge in [0.25, 0.3) is 0 Å². The van der Waals surface area contributed by atoms with Crippen molar-refractivity contribution in [1.82, 2.24) is 3.53 Å². The van der Waals surface area contributed by atoms with Crippen LogP contribution < -0.4 is 3.53 Å². The zero-order chi connectivity index (χ0) is 6.62. The molecular formula is CH5INO4P. The first kappa shape index (κ1) is 8.80. The van der Waals surface area contributed by atoms with E-state index in [2.05, 4.69) is 8.05 Å². The van der Waals surface area contributed by atoms with Crippen molar-refractivity contribution in [3.8, 4) is 0 Å². The van der Waals surface area contributed by atoms with Crippen molar-refractivity contribution in [2.75, 3.05) is 6.73 Å². The Bertz CT molecular complexity index is 100. The summed E-state index contributed by atoms with van der Waals surface area (Å²) in [5.74, 6) is 0. The van der Waals surface area contributed by atoms with Gasteiger partial charge in [-0.05, 0) is 0 Å². The highest BCUT2D eigenvalue weighted by Gasteiger charge is 2.11. The van der Waals surface area contributed by atoms with Crippen LogP contribution in [0.5, 0.6) is 0 Å². The summed E-state index contributed by atoms with van der Waals surface area (Å²) in [6.45, 7) is -0.148.